The van der Waals surface area contributed by atoms with E-state index in [9.17, 15) is 0 Å². The molecule has 0 aliphatic heterocycles. The molecule has 0 unspecified atom stereocenters. The maximum atomic E-state index is 9.03. The van der Waals surface area contributed by atoms with Crippen molar-refractivity contribution in [2.45, 2.75) is 6.54 Å². The maximum Gasteiger partial charge on any atom is 0.0772 e. The molecule has 90 valence electrons. The van der Waals surface area contributed by atoms with Crippen LogP contribution in [0.1, 0.15) is 5.69 Å². The Balaban J connectivity index is 2.81. The lowest BCUT2D eigenvalue weighted by atomic mass is 10.2. The summed E-state index contributed by atoms with van der Waals surface area (Å²) in [5.74, 6) is 0. The molecule has 1 rings (SSSR count). The minimum Gasteiger partial charge on any atom is -0.395 e. The quantitative estimate of drug-likeness (QED) is 0.682. The van der Waals surface area contributed by atoms with Gasteiger partial charge in [0.05, 0.1) is 24.6 Å². The van der Waals surface area contributed by atoms with Crippen LogP contribution in [0.4, 0.5) is 5.69 Å². The Labute approximate surface area is 95.8 Å². The van der Waals surface area contributed by atoms with Gasteiger partial charge in [0.25, 0.3) is 0 Å². The number of aliphatic hydroxyl groups excluding tert-OH is 1. The molecule has 3 N–H and O–H groups in total. The fourth-order valence-corrected chi connectivity index (χ4v) is 1.55. The highest BCUT2D eigenvalue weighted by molar-refractivity contribution is 5.50. The average molecular weight is 225 g/mol. The largest absolute Gasteiger partial charge is 0.395 e. The van der Waals surface area contributed by atoms with E-state index in [0.717, 1.165) is 17.9 Å². The topological polar surface area (TPSA) is 71.6 Å². The number of pyridine rings is 1. The number of ether oxygens (including phenoxy) is 1. The second kappa shape index (κ2) is 7.16. The van der Waals surface area contributed by atoms with E-state index in [-0.39, 0.29) is 6.61 Å². The molecule has 0 spiro atoms. The first-order chi connectivity index (χ1) is 7.83. The molecule has 1 heterocycles. The smallest absolute Gasteiger partial charge is 0.0772 e. The van der Waals surface area contributed by atoms with Gasteiger partial charge in [0.2, 0.25) is 0 Å². The van der Waals surface area contributed by atoms with Crippen LogP contribution in [-0.2, 0) is 11.3 Å². The molecule has 0 fully saturated rings. The standard InChI is InChI=1S/C11H19N3O2/c1-16-8-6-14(5-7-15)11-3-2-4-13-10(11)9-12/h2-4,15H,5-9,12H2,1H3. The van der Waals surface area contributed by atoms with Gasteiger partial charge in [0.15, 0.2) is 0 Å². The number of aromatic nitrogens is 1. The van der Waals surface area contributed by atoms with Crippen molar-refractivity contribution in [1.29, 1.82) is 0 Å². The van der Waals surface area contributed by atoms with Gasteiger partial charge < -0.3 is 20.5 Å². The van der Waals surface area contributed by atoms with Crippen molar-refractivity contribution in [2.24, 2.45) is 5.73 Å². The van der Waals surface area contributed by atoms with Crippen molar-refractivity contribution >= 4 is 5.69 Å². The van der Waals surface area contributed by atoms with Crippen molar-refractivity contribution in [1.82, 2.24) is 4.98 Å². The van der Waals surface area contributed by atoms with Crippen LogP contribution in [0.3, 0.4) is 0 Å². The molecule has 0 radical (unpaired) electrons. The molecule has 0 aromatic carbocycles. The van der Waals surface area contributed by atoms with E-state index in [1.165, 1.54) is 0 Å². The lowest BCUT2D eigenvalue weighted by Gasteiger charge is -2.25. The van der Waals surface area contributed by atoms with Gasteiger partial charge in [0.1, 0.15) is 0 Å². The number of rotatable bonds is 7. The Morgan fingerprint density at radius 1 is 1.50 bits per heavy atom. The fraction of sp³-hybridized carbons (Fsp3) is 0.545. The van der Waals surface area contributed by atoms with E-state index >= 15 is 0 Å². The van der Waals surface area contributed by atoms with E-state index in [4.69, 9.17) is 15.6 Å². The van der Waals surface area contributed by atoms with Crippen LogP contribution >= 0.6 is 0 Å². The van der Waals surface area contributed by atoms with Gasteiger partial charge >= 0.3 is 0 Å². The van der Waals surface area contributed by atoms with Gasteiger partial charge in [-0.1, -0.05) is 0 Å². The summed E-state index contributed by atoms with van der Waals surface area (Å²) >= 11 is 0. The molecule has 0 aliphatic rings. The van der Waals surface area contributed by atoms with E-state index in [0.29, 0.717) is 19.7 Å². The summed E-state index contributed by atoms with van der Waals surface area (Å²) in [6, 6.07) is 3.83. The van der Waals surface area contributed by atoms with Crippen LogP contribution in [0.5, 0.6) is 0 Å². The van der Waals surface area contributed by atoms with Crippen molar-refractivity contribution in [3.63, 3.8) is 0 Å². The highest BCUT2D eigenvalue weighted by Crippen LogP contribution is 2.17. The molecule has 0 saturated carbocycles. The third-order valence-electron chi connectivity index (χ3n) is 2.34. The monoisotopic (exact) mass is 225 g/mol. The van der Waals surface area contributed by atoms with E-state index in [1.54, 1.807) is 13.3 Å². The Morgan fingerprint density at radius 3 is 2.94 bits per heavy atom. The molecule has 5 heteroatoms. The fourth-order valence-electron chi connectivity index (χ4n) is 1.55. The number of methoxy groups -OCH3 is 1. The zero-order chi connectivity index (χ0) is 11.8. The number of hydrogen-bond acceptors (Lipinski definition) is 5. The molecule has 5 nitrogen and oxygen atoms in total. The number of hydrogen-bond donors (Lipinski definition) is 2. The van der Waals surface area contributed by atoms with E-state index in [1.807, 2.05) is 17.0 Å². The Kier molecular flexibility index (Phi) is 5.77. The second-order valence-corrected chi connectivity index (χ2v) is 3.38. The van der Waals surface area contributed by atoms with Crippen molar-refractivity contribution < 1.29 is 9.84 Å². The number of nitrogens with two attached hydrogens (primary N) is 1. The van der Waals surface area contributed by atoms with E-state index < -0.39 is 0 Å². The Hall–Kier alpha value is -1.17. The van der Waals surface area contributed by atoms with Crippen LogP contribution < -0.4 is 10.6 Å². The highest BCUT2D eigenvalue weighted by atomic mass is 16.5. The Bertz CT molecular complexity index is 307. The summed E-state index contributed by atoms with van der Waals surface area (Å²) in [6.45, 7) is 2.38. The van der Waals surface area contributed by atoms with Gasteiger partial charge in [-0.15, -0.1) is 0 Å². The third-order valence-corrected chi connectivity index (χ3v) is 2.34. The van der Waals surface area contributed by atoms with E-state index in [2.05, 4.69) is 4.98 Å². The van der Waals surface area contributed by atoms with Crippen LogP contribution in [0.2, 0.25) is 0 Å². The predicted octanol–water partition coefficient (Wildman–Crippen LogP) is -0.0146. The highest BCUT2D eigenvalue weighted by Gasteiger charge is 2.10. The van der Waals surface area contributed by atoms with Crippen LogP contribution in [0.15, 0.2) is 18.3 Å². The van der Waals surface area contributed by atoms with Crippen molar-refractivity contribution in [3.8, 4) is 0 Å². The van der Waals surface area contributed by atoms with Gasteiger partial charge in [-0.2, -0.15) is 0 Å². The Morgan fingerprint density at radius 2 is 2.31 bits per heavy atom. The SMILES string of the molecule is COCCN(CCO)c1cccnc1CN. The van der Waals surface area contributed by atoms with Crippen LogP contribution in [-0.4, -0.2) is 43.5 Å². The summed E-state index contributed by atoms with van der Waals surface area (Å²) in [5, 5.41) is 9.03. The summed E-state index contributed by atoms with van der Waals surface area (Å²) in [6.07, 6.45) is 1.72. The van der Waals surface area contributed by atoms with Crippen LogP contribution in [0.25, 0.3) is 0 Å². The summed E-state index contributed by atoms with van der Waals surface area (Å²) in [7, 11) is 1.66. The number of aliphatic hydroxyl groups is 1. The molecule has 0 atom stereocenters. The first-order valence-corrected chi connectivity index (χ1v) is 5.32. The maximum absolute atomic E-state index is 9.03. The van der Waals surface area contributed by atoms with Gasteiger partial charge in [0, 0.05) is 32.9 Å². The first kappa shape index (κ1) is 12.9. The molecular formula is C11H19N3O2. The molecule has 1 aromatic rings. The van der Waals surface area contributed by atoms with Gasteiger partial charge in [-0.3, -0.25) is 4.98 Å². The number of nitrogens with zero attached hydrogens (tertiary/aromatic N) is 2. The minimum absolute atomic E-state index is 0.0998. The van der Waals surface area contributed by atoms with Gasteiger partial charge in [-0.05, 0) is 12.1 Å². The van der Waals surface area contributed by atoms with Crippen molar-refractivity contribution in [3.05, 3.63) is 24.0 Å². The molecule has 0 amide bonds. The second-order valence-electron chi connectivity index (χ2n) is 3.38. The molecule has 16 heavy (non-hydrogen) atoms. The zero-order valence-electron chi connectivity index (χ0n) is 9.59. The third kappa shape index (κ3) is 3.44. The molecular weight excluding hydrogens is 206 g/mol. The van der Waals surface area contributed by atoms with Gasteiger partial charge in [-0.25, -0.2) is 0 Å². The van der Waals surface area contributed by atoms with Crippen LogP contribution in [0, 0.1) is 0 Å². The lowest BCUT2D eigenvalue weighted by Crippen LogP contribution is -2.31. The lowest BCUT2D eigenvalue weighted by molar-refractivity contribution is 0.203. The number of anilines is 1. The molecule has 1 aromatic heterocycles. The predicted molar refractivity (Wildman–Crippen MR) is 63.3 cm³/mol. The normalized spacial score (nSPS) is 10.4. The molecule has 0 aliphatic carbocycles. The molecule has 0 bridgehead atoms. The summed E-state index contributed by atoms with van der Waals surface area (Å²) in [5.41, 5.74) is 7.44. The summed E-state index contributed by atoms with van der Waals surface area (Å²) < 4.78 is 5.04. The summed E-state index contributed by atoms with van der Waals surface area (Å²) in [4.78, 5) is 6.25. The first-order valence-electron chi connectivity index (χ1n) is 5.32. The zero-order valence-corrected chi connectivity index (χ0v) is 9.59. The van der Waals surface area contributed by atoms with Crippen molar-refractivity contribution in [2.75, 3.05) is 38.3 Å². The average Bonchev–Trinajstić information content (AvgIpc) is 2.34. The minimum atomic E-state index is 0.0998. The molecule has 0 saturated heterocycles.